The third kappa shape index (κ3) is 12.4. The zero-order valence-electron chi connectivity index (χ0n) is 32.5. The highest BCUT2D eigenvalue weighted by Crippen LogP contribution is 2.35. The average Bonchev–Trinajstić information content (AvgIpc) is 3.90. The number of aromatic nitrogens is 7. The van der Waals surface area contributed by atoms with E-state index in [2.05, 4.69) is 36.3 Å². The smallest absolute Gasteiger partial charge is 0.256 e. The fraction of sp³-hybridized carbons (Fsp3) is 0.590. The van der Waals surface area contributed by atoms with Gasteiger partial charge in [-0.05, 0) is 50.3 Å². The van der Waals surface area contributed by atoms with Gasteiger partial charge in [0.1, 0.15) is 36.3 Å². The van der Waals surface area contributed by atoms with Crippen LogP contribution in [-0.4, -0.2) is 138 Å². The molecule has 1 saturated carbocycles. The van der Waals surface area contributed by atoms with Gasteiger partial charge in [0.05, 0.1) is 83.8 Å². The van der Waals surface area contributed by atoms with Crippen LogP contribution in [-0.2, 0) is 30.2 Å². The first-order valence-corrected chi connectivity index (χ1v) is 19.5. The van der Waals surface area contributed by atoms with E-state index in [4.69, 9.17) is 38.3 Å². The number of morpholine rings is 1. The highest BCUT2D eigenvalue weighted by molar-refractivity contribution is 5.67. The summed E-state index contributed by atoms with van der Waals surface area (Å²) in [5.41, 5.74) is 2.74. The minimum absolute atomic E-state index is 0.242. The summed E-state index contributed by atoms with van der Waals surface area (Å²) in [5.74, 6) is 1.39. The molecule has 17 nitrogen and oxygen atoms in total. The molecule has 1 aliphatic heterocycles. The van der Waals surface area contributed by atoms with Crippen LogP contribution >= 0.6 is 0 Å². The highest BCUT2D eigenvalue weighted by atomic mass is 16.6. The standard InChI is InChI=1S/C39H54N10O7/c1-30(26-48-29-41-28-44-48)56-37-22-31(4-5-32(37)23-40)33-24-42-39(43-25-33)45-36-27-49(35-8-6-34(7-9-35)47-10-14-52-15-11-47)46-38(36)55-13-3-12-51-18-19-54-21-20-53-17-16-50-2/h4-5,22,24-25,27-30,34-35H,3,6-21,26H2,1-2H3,(H,42,43,45)/t30-,34?,35?/m0/s1. The van der Waals surface area contributed by atoms with Crippen molar-refractivity contribution < 1.29 is 33.2 Å². The number of nitrogens with zero attached hydrogens (tertiary/aromatic N) is 9. The van der Waals surface area contributed by atoms with Gasteiger partial charge in [0, 0.05) is 57.2 Å². The van der Waals surface area contributed by atoms with Crippen LogP contribution in [0.2, 0.25) is 0 Å². The monoisotopic (exact) mass is 774 g/mol. The van der Waals surface area contributed by atoms with E-state index in [0.717, 1.165) is 63.1 Å². The summed E-state index contributed by atoms with van der Waals surface area (Å²) < 4.78 is 43.3. The summed E-state index contributed by atoms with van der Waals surface area (Å²) in [5, 5.41) is 22.1. The molecule has 4 aromatic rings. The largest absolute Gasteiger partial charge is 0.487 e. The summed E-state index contributed by atoms with van der Waals surface area (Å²) in [4.78, 5) is 15.8. The Kier molecular flexibility index (Phi) is 16.2. The molecule has 0 unspecified atom stereocenters. The van der Waals surface area contributed by atoms with E-state index < -0.39 is 0 Å². The first-order chi connectivity index (χ1) is 27.6. The number of nitrogens with one attached hydrogen (secondary N) is 1. The van der Waals surface area contributed by atoms with Crippen LogP contribution in [0, 0.1) is 11.3 Å². The zero-order chi connectivity index (χ0) is 38.8. The zero-order valence-corrected chi connectivity index (χ0v) is 32.5. The van der Waals surface area contributed by atoms with Crippen LogP contribution in [0.5, 0.6) is 11.6 Å². The van der Waals surface area contributed by atoms with E-state index in [1.807, 2.05) is 29.9 Å². The Morgan fingerprint density at radius 1 is 0.911 bits per heavy atom. The van der Waals surface area contributed by atoms with Crippen LogP contribution in [0.15, 0.2) is 49.4 Å². The average molecular weight is 775 g/mol. The lowest BCUT2D eigenvalue weighted by atomic mass is 9.90. The van der Waals surface area contributed by atoms with Gasteiger partial charge in [-0.2, -0.15) is 10.4 Å². The Morgan fingerprint density at radius 3 is 2.32 bits per heavy atom. The molecule has 56 heavy (non-hydrogen) atoms. The Morgan fingerprint density at radius 2 is 1.62 bits per heavy atom. The first-order valence-electron chi connectivity index (χ1n) is 19.5. The molecule has 1 N–H and O–H groups in total. The maximum Gasteiger partial charge on any atom is 0.256 e. The van der Waals surface area contributed by atoms with Crippen molar-refractivity contribution in [1.82, 2.24) is 39.4 Å². The molecule has 302 valence electrons. The Hall–Kier alpha value is -4.70. The van der Waals surface area contributed by atoms with Crippen molar-refractivity contribution in [3.8, 4) is 28.8 Å². The van der Waals surface area contributed by atoms with E-state index in [-0.39, 0.29) is 12.1 Å². The molecule has 0 bridgehead atoms. The topological polar surface area (TPSA) is 178 Å². The number of hydrogen-bond donors (Lipinski definition) is 1. The molecule has 0 spiro atoms. The summed E-state index contributed by atoms with van der Waals surface area (Å²) in [7, 11) is 1.65. The minimum Gasteiger partial charge on any atom is -0.487 e. The summed E-state index contributed by atoms with van der Waals surface area (Å²) in [6.45, 7) is 10.2. The fourth-order valence-corrected chi connectivity index (χ4v) is 6.80. The van der Waals surface area contributed by atoms with Crippen molar-refractivity contribution in [3.05, 3.63) is 55.0 Å². The van der Waals surface area contributed by atoms with Gasteiger partial charge < -0.3 is 38.5 Å². The van der Waals surface area contributed by atoms with Crippen molar-refractivity contribution in [2.75, 3.05) is 91.6 Å². The molecule has 1 aliphatic carbocycles. The number of anilines is 2. The SMILES string of the molecule is COCCOCCOCCOCCCOc1nn(C2CCC(N3CCOCC3)CC2)cc1Nc1ncc(-c2ccc(C#N)c(O[C@@H](C)Cn3cncn3)c2)cn1. The van der Waals surface area contributed by atoms with E-state index in [0.29, 0.717) is 101 Å². The third-order valence-corrected chi connectivity index (χ3v) is 9.72. The second-order valence-corrected chi connectivity index (χ2v) is 13.8. The normalized spacial score (nSPS) is 18.0. The molecule has 6 rings (SSSR count). The van der Waals surface area contributed by atoms with E-state index >= 15 is 0 Å². The van der Waals surface area contributed by atoms with Crippen molar-refractivity contribution in [1.29, 1.82) is 5.26 Å². The minimum atomic E-state index is -0.242. The van der Waals surface area contributed by atoms with Crippen LogP contribution in [0.3, 0.4) is 0 Å². The van der Waals surface area contributed by atoms with Crippen molar-refractivity contribution >= 4 is 11.6 Å². The Labute approximate surface area is 328 Å². The second kappa shape index (κ2) is 22.1. The van der Waals surface area contributed by atoms with Crippen LogP contribution in [0.25, 0.3) is 11.1 Å². The highest BCUT2D eigenvalue weighted by Gasteiger charge is 2.29. The van der Waals surface area contributed by atoms with E-state index in [9.17, 15) is 5.26 Å². The van der Waals surface area contributed by atoms with Gasteiger partial charge in [-0.15, -0.1) is 5.10 Å². The lowest BCUT2D eigenvalue weighted by Gasteiger charge is -2.38. The number of hydrogen-bond acceptors (Lipinski definition) is 15. The third-order valence-electron chi connectivity index (χ3n) is 9.72. The first kappa shape index (κ1) is 40.9. The van der Waals surface area contributed by atoms with Crippen LogP contribution in [0.4, 0.5) is 11.6 Å². The van der Waals surface area contributed by atoms with Gasteiger partial charge in [-0.25, -0.2) is 19.6 Å². The quantitative estimate of drug-likeness (QED) is 0.105. The molecule has 1 saturated heterocycles. The van der Waals surface area contributed by atoms with E-state index in [1.165, 1.54) is 6.33 Å². The number of nitriles is 1. The second-order valence-electron chi connectivity index (χ2n) is 13.8. The molecule has 0 radical (unpaired) electrons. The van der Waals surface area contributed by atoms with Crippen LogP contribution < -0.4 is 14.8 Å². The number of methoxy groups -OCH3 is 1. The Bertz CT molecular complexity index is 1750. The van der Waals surface area contributed by atoms with Gasteiger partial charge in [0.15, 0.2) is 0 Å². The van der Waals surface area contributed by atoms with Gasteiger partial charge in [-0.3, -0.25) is 9.58 Å². The lowest BCUT2D eigenvalue weighted by Crippen LogP contribution is -2.45. The maximum absolute atomic E-state index is 9.72. The lowest BCUT2D eigenvalue weighted by molar-refractivity contribution is 0.00242. The predicted molar refractivity (Wildman–Crippen MR) is 206 cm³/mol. The molecule has 1 atom stereocenters. The number of ether oxygens (including phenoxy) is 7. The molecular weight excluding hydrogens is 720 g/mol. The van der Waals surface area contributed by atoms with Gasteiger partial charge in [0.2, 0.25) is 5.95 Å². The molecule has 17 heteroatoms. The predicted octanol–water partition coefficient (Wildman–Crippen LogP) is 4.30. The molecule has 1 aromatic carbocycles. The van der Waals surface area contributed by atoms with Crippen molar-refractivity contribution in [3.63, 3.8) is 0 Å². The summed E-state index contributed by atoms with van der Waals surface area (Å²) >= 11 is 0. The summed E-state index contributed by atoms with van der Waals surface area (Å²) in [6.07, 6.45) is 13.4. The molecule has 4 heterocycles. The van der Waals surface area contributed by atoms with Gasteiger partial charge >= 0.3 is 0 Å². The Balaban J connectivity index is 1.05. The molecule has 3 aromatic heterocycles. The molecule has 2 aliphatic rings. The summed E-state index contributed by atoms with van der Waals surface area (Å²) in [6, 6.07) is 8.52. The van der Waals surface area contributed by atoms with Crippen LogP contribution in [0.1, 0.15) is 50.6 Å². The number of benzene rings is 1. The molecular formula is C39H54N10O7. The molecule has 2 fully saturated rings. The van der Waals surface area contributed by atoms with Crippen molar-refractivity contribution in [2.45, 2.75) is 63.8 Å². The van der Waals surface area contributed by atoms with E-state index in [1.54, 1.807) is 36.6 Å². The van der Waals surface area contributed by atoms with Crippen molar-refractivity contribution in [2.24, 2.45) is 0 Å². The van der Waals surface area contributed by atoms with Gasteiger partial charge in [-0.1, -0.05) is 6.07 Å². The number of rotatable bonds is 23. The maximum atomic E-state index is 9.72. The molecule has 0 amide bonds. The van der Waals surface area contributed by atoms with Gasteiger partial charge in [0.25, 0.3) is 5.88 Å². The fourth-order valence-electron chi connectivity index (χ4n) is 6.80.